The van der Waals surface area contributed by atoms with E-state index in [1.54, 1.807) is 0 Å². The first-order valence-corrected chi connectivity index (χ1v) is 6.97. The maximum absolute atomic E-state index is 11.8. The van der Waals surface area contributed by atoms with Gasteiger partial charge in [-0.3, -0.25) is 4.79 Å². The van der Waals surface area contributed by atoms with Crippen LogP contribution in [0.15, 0.2) is 0 Å². The minimum atomic E-state index is -0.667. The molecule has 17 heavy (non-hydrogen) atoms. The number of amides is 1. The van der Waals surface area contributed by atoms with Gasteiger partial charge in [0.1, 0.15) is 0 Å². The van der Waals surface area contributed by atoms with Crippen molar-refractivity contribution < 1.29 is 9.90 Å². The van der Waals surface area contributed by atoms with Crippen LogP contribution in [0, 0.1) is 11.8 Å². The molecule has 3 atom stereocenters. The Labute approximate surface area is 105 Å². The van der Waals surface area contributed by atoms with Crippen molar-refractivity contribution in [3.8, 4) is 0 Å². The number of hydrogen-bond acceptors (Lipinski definition) is 2. The summed E-state index contributed by atoms with van der Waals surface area (Å²) in [4.78, 5) is 11.8. The third-order valence-electron chi connectivity index (χ3n) is 3.83. The number of rotatable bonds is 5. The first kappa shape index (κ1) is 14.5. The Balaban J connectivity index is 2.36. The van der Waals surface area contributed by atoms with Crippen molar-refractivity contribution in [3.63, 3.8) is 0 Å². The summed E-state index contributed by atoms with van der Waals surface area (Å²) in [5, 5.41) is 13.3. The van der Waals surface area contributed by atoms with Crippen molar-refractivity contribution in [1.29, 1.82) is 0 Å². The predicted octanol–water partition coefficient (Wildman–Crippen LogP) is 2.48. The summed E-state index contributed by atoms with van der Waals surface area (Å²) in [6, 6.07) is 0. The molecular formula is C14H27NO2. The van der Waals surface area contributed by atoms with Crippen LogP contribution in [0.25, 0.3) is 0 Å². The number of hydrogen-bond donors (Lipinski definition) is 2. The van der Waals surface area contributed by atoms with Crippen molar-refractivity contribution in [2.24, 2.45) is 11.8 Å². The van der Waals surface area contributed by atoms with E-state index in [1.807, 2.05) is 6.92 Å². The first-order chi connectivity index (χ1) is 7.97. The third kappa shape index (κ3) is 4.66. The van der Waals surface area contributed by atoms with E-state index in [2.05, 4.69) is 19.2 Å². The molecule has 0 aromatic carbocycles. The molecule has 0 heterocycles. The second-order valence-corrected chi connectivity index (χ2v) is 5.83. The lowest BCUT2D eigenvalue weighted by molar-refractivity contribution is -0.126. The minimum absolute atomic E-state index is 0.0598. The lowest BCUT2D eigenvalue weighted by Crippen LogP contribution is -2.46. The molecular weight excluding hydrogens is 214 g/mol. The van der Waals surface area contributed by atoms with Gasteiger partial charge in [0, 0.05) is 12.5 Å². The van der Waals surface area contributed by atoms with Crippen LogP contribution in [0.1, 0.15) is 59.3 Å². The first-order valence-electron chi connectivity index (χ1n) is 6.97. The van der Waals surface area contributed by atoms with E-state index in [-0.39, 0.29) is 11.8 Å². The van der Waals surface area contributed by atoms with Crippen LogP contribution < -0.4 is 5.32 Å². The lowest BCUT2D eigenvalue weighted by Gasteiger charge is -2.35. The summed E-state index contributed by atoms with van der Waals surface area (Å²) in [6.45, 7) is 6.63. The Bertz CT molecular complexity index is 255. The van der Waals surface area contributed by atoms with Gasteiger partial charge in [0.05, 0.1) is 5.60 Å². The molecule has 1 fully saturated rings. The summed E-state index contributed by atoms with van der Waals surface area (Å²) >= 11 is 0. The van der Waals surface area contributed by atoms with Gasteiger partial charge >= 0.3 is 0 Å². The van der Waals surface area contributed by atoms with Gasteiger partial charge in [-0.2, -0.15) is 0 Å². The van der Waals surface area contributed by atoms with E-state index in [9.17, 15) is 9.90 Å². The fourth-order valence-electron chi connectivity index (χ4n) is 2.78. The zero-order valence-electron chi connectivity index (χ0n) is 11.5. The number of carbonyl (C=O) groups excluding carboxylic acids is 1. The Morgan fingerprint density at radius 2 is 2.29 bits per heavy atom. The SMILES string of the molecule is CCCC(C)C(=O)NCC1(O)CCCC(C)C1. The standard InChI is InChI=1S/C14H27NO2/c1-4-6-12(3)13(16)15-10-14(17)8-5-7-11(2)9-14/h11-12,17H,4-10H2,1-3H3,(H,15,16). The molecule has 2 N–H and O–H groups in total. The van der Waals surface area contributed by atoms with Crippen molar-refractivity contribution in [3.05, 3.63) is 0 Å². The second-order valence-electron chi connectivity index (χ2n) is 5.83. The summed E-state index contributed by atoms with van der Waals surface area (Å²) < 4.78 is 0. The Morgan fingerprint density at radius 3 is 2.88 bits per heavy atom. The van der Waals surface area contributed by atoms with Crippen molar-refractivity contribution in [2.75, 3.05) is 6.54 Å². The Hall–Kier alpha value is -0.570. The van der Waals surface area contributed by atoms with Crippen molar-refractivity contribution >= 4 is 5.91 Å². The molecule has 1 amide bonds. The van der Waals surface area contributed by atoms with Gasteiger partial charge in [-0.15, -0.1) is 0 Å². The smallest absolute Gasteiger partial charge is 0.222 e. The monoisotopic (exact) mass is 241 g/mol. The number of carbonyl (C=O) groups is 1. The van der Waals surface area contributed by atoms with Gasteiger partial charge in [0.15, 0.2) is 0 Å². The summed E-state index contributed by atoms with van der Waals surface area (Å²) in [6.07, 6.45) is 5.84. The molecule has 1 aliphatic rings. The maximum Gasteiger partial charge on any atom is 0.222 e. The van der Waals surface area contributed by atoms with Crippen LogP contribution in [0.5, 0.6) is 0 Å². The molecule has 0 spiro atoms. The highest BCUT2D eigenvalue weighted by molar-refractivity contribution is 5.78. The quantitative estimate of drug-likeness (QED) is 0.777. The van der Waals surface area contributed by atoms with Crippen LogP contribution in [-0.2, 0) is 4.79 Å². The van der Waals surface area contributed by atoms with Gasteiger partial charge in [-0.25, -0.2) is 0 Å². The molecule has 1 rings (SSSR count). The fourth-order valence-corrected chi connectivity index (χ4v) is 2.78. The van der Waals surface area contributed by atoms with E-state index in [4.69, 9.17) is 0 Å². The van der Waals surface area contributed by atoms with E-state index in [0.29, 0.717) is 12.5 Å². The van der Waals surface area contributed by atoms with Crippen LogP contribution in [0.4, 0.5) is 0 Å². The van der Waals surface area contributed by atoms with Crippen molar-refractivity contribution in [1.82, 2.24) is 5.32 Å². The maximum atomic E-state index is 11.8. The second kappa shape index (κ2) is 6.39. The highest BCUT2D eigenvalue weighted by Gasteiger charge is 2.33. The summed E-state index contributed by atoms with van der Waals surface area (Å²) in [7, 11) is 0. The molecule has 0 aromatic rings. The Kier molecular flexibility index (Phi) is 5.44. The van der Waals surface area contributed by atoms with Crippen LogP contribution in [0.3, 0.4) is 0 Å². The zero-order chi connectivity index (χ0) is 12.9. The van der Waals surface area contributed by atoms with E-state index in [0.717, 1.165) is 32.1 Å². The van der Waals surface area contributed by atoms with Crippen LogP contribution in [0.2, 0.25) is 0 Å². The van der Waals surface area contributed by atoms with E-state index >= 15 is 0 Å². The van der Waals surface area contributed by atoms with Gasteiger partial charge in [0.25, 0.3) is 0 Å². The Morgan fingerprint density at radius 1 is 1.59 bits per heavy atom. The fraction of sp³-hybridized carbons (Fsp3) is 0.929. The lowest BCUT2D eigenvalue weighted by atomic mass is 9.79. The minimum Gasteiger partial charge on any atom is -0.388 e. The average molecular weight is 241 g/mol. The molecule has 0 saturated heterocycles. The molecule has 3 unspecified atom stereocenters. The molecule has 1 aliphatic carbocycles. The molecule has 0 bridgehead atoms. The highest BCUT2D eigenvalue weighted by Crippen LogP contribution is 2.31. The van der Waals surface area contributed by atoms with Crippen LogP contribution in [-0.4, -0.2) is 23.2 Å². The molecule has 3 nitrogen and oxygen atoms in total. The topological polar surface area (TPSA) is 49.3 Å². The van der Waals surface area contributed by atoms with Crippen molar-refractivity contribution in [2.45, 2.75) is 64.9 Å². The number of aliphatic hydroxyl groups is 1. The van der Waals surface area contributed by atoms with Gasteiger partial charge < -0.3 is 10.4 Å². The third-order valence-corrected chi connectivity index (χ3v) is 3.83. The molecule has 1 saturated carbocycles. The zero-order valence-corrected chi connectivity index (χ0v) is 11.5. The van der Waals surface area contributed by atoms with E-state index in [1.165, 1.54) is 6.42 Å². The van der Waals surface area contributed by atoms with Gasteiger partial charge in [-0.1, -0.05) is 40.0 Å². The molecule has 100 valence electrons. The van der Waals surface area contributed by atoms with Gasteiger partial charge in [-0.05, 0) is 25.2 Å². The summed E-state index contributed by atoms with van der Waals surface area (Å²) in [5.74, 6) is 0.710. The highest BCUT2D eigenvalue weighted by atomic mass is 16.3. The van der Waals surface area contributed by atoms with E-state index < -0.39 is 5.60 Å². The predicted molar refractivity (Wildman–Crippen MR) is 69.7 cm³/mol. The van der Waals surface area contributed by atoms with Gasteiger partial charge in [0.2, 0.25) is 5.91 Å². The number of nitrogens with one attached hydrogen (secondary N) is 1. The average Bonchev–Trinajstić information content (AvgIpc) is 2.26. The molecule has 3 heteroatoms. The normalized spacial score (nSPS) is 30.9. The van der Waals surface area contributed by atoms with Crippen LogP contribution >= 0.6 is 0 Å². The summed E-state index contributed by atoms with van der Waals surface area (Å²) in [5.41, 5.74) is -0.667. The molecule has 0 aromatic heterocycles. The molecule has 0 aliphatic heterocycles. The molecule has 0 radical (unpaired) electrons. The largest absolute Gasteiger partial charge is 0.388 e.